The predicted molar refractivity (Wildman–Crippen MR) is 192 cm³/mol. The van der Waals surface area contributed by atoms with Crippen LogP contribution in [0.3, 0.4) is 0 Å². The van der Waals surface area contributed by atoms with Crippen LogP contribution in [0.15, 0.2) is 72.8 Å². The molecule has 2 amide bonds. The number of aliphatic hydroxyl groups excluding tert-OH is 1. The van der Waals surface area contributed by atoms with Gasteiger partial charge in [0.05, 0.1) is 30.2 Å². The standard InChI is InChI=1S/C39H51N5O5/c40-34-9-1-2-10-35(34)42-38(47)12-4-3-11-37(46)41-31-19-17-30(18-20-31)39-48-33(24-36(49-39)29-15-13-28(27-45)14-16-29)26-44-23-7-8-32(44)25-43-21-5-6-22-43/h1-2,9-10,13-20,32-33,36,39,45H,3-8,11-12,21-27,40H2,(H,41,46)(H,42,47)/t32-,33+,36-,39-/m0/s1. The Morgan fingerprint density at radius 3 is 2.20 bits per heavy atom. The van der Waals surface area contributed by atoms with Crippen molar-refractivity contribution in [3.8, 4) is 0 Å². The van der Waals surface area contributed by atoms with Gasteiger partial charge in [-0.1, -0.05) is 48.5 Å². The molecule has 3 aliphatic rings. The Kier molecular flexibility index (Phi) is 12.3. The van der Waals surface area contributed by atoms with Gasteiger partial charge in [-0.25, -0.2) is 0 Å². The van der Waals surface area contributed by atoms with Gasteiger partial charge in [0.25, 0.3) is 0 Å². The second-order valence-corrected chi connectivity index (χ2v) is 13.7. The van der Waals surface area contributed by atoms with Gasteiger partial charge in [-0.3, -0.25) is 14.5 Å². The number of hydrogen-bond acceptors (Lipinski definition) is 8. The number of ether oxygens (including phenoxy) is 2. The van der Waals surface area contributed by atoms with E-state index in [-0.39, 0.29) is 30.6 Å². The van der Waals surface area contributed by atoms with Gasteiger partial charge in [0.1, 0.15) is 0 Å². The topological polar surface area (TPSA) is 129 Å². The van der Waals surface area contributed by atoms with Crippen molar-refractivity contribution in [1.82, 2.24) is 9.80 Å². The predicted octanol–water partition coefficient (Wildman–Crippen LogP) is 6.00. The number of carbonyl (C=O) groups is 2. The number of nitrogens with one attached hydrogen (secondary N) is 2. The van der Waals surface area contributed by atoms with Gasteiger partial charge in [0.2, 0.25) is 11.8 Å². The van der Waals surface area contributed by atoms with E-state index >= 15 is 0 Å². The zero-order chi connectivity index (χ0) is 34.0. The van der Waals surface area contributed by atoms with Crippen LogP contribution >= 0.6 is 0 Å². The van der Waals surface area contributed by atoms with Gasteiger partial charge < -0.3 is 35.8 Å². The van der Waals surface area contributed by atoms with Crippen molar-refractivity contribution in [2.75, 3.05) is 49.1 Å². The maximum Gasteiger partial charge on any atom is 0.224 e. The minimum absolute atomic E-state index is 0.00644. The molecule has 0 aromatic heterocycles. The summed E-state index contributed by atoms with van der Waals surface area (Å²) in [5, 5.41) is 15.4. The second-order valence-electron chi connectivity index (χ2n) is 13.7. The van der Waals surface area contributed by atoms with Crippen LogP contribution in [0, 0.1) is 0 Å². The Balaban J connectivity index is 1.03. The summed E-state index contributed by atoms with van der Waals surface area (Å²) < 4.78 is 13.2. The van der Waals surface area contributed by atoms with Gasteiger partial charge in [0.15, 0.2) is 6.29 Å². The number of anilines is 3. The third-order valence-electron chi connectivity index (χ3n) is 9.98. The van der Waals surface area contributed by atoms with Crippen LogP contribution in [0.25, 0.3) is 0 Å². The molecule has 0 radical (unpaired) electrons. The molecule has 0 bridgehead atoms. The van der Waals surface area contributed by atoms with Crippen LogP contribution in [-0.4, -0.2) is 71.6 Å². The van der Waals surface area contributed by atoms with Crippen LogP contribution in [0.5, 0.6) is 0 Å². The highest BCUT2D eigenvalue weighted by atomic mass is 16.7. The van der Waals surface area contributed by atoms with Crippen molar-refractivity contribution in [3.63, 3.8) is 0 Å². The van der Waals surface area contributed by atoms with E-state index in [0.717, 1.165) is 42.7 Å². The first kappa shape index (κ1) is 35.0. The molecule has 262 valence electrons. The first-order valence-corrected chi connectivity index (χ1v) is 17.9. The Labute approximate surface area is 289 Å². The SMILES string of the molecule is Nc1ccccc1NC(=O)CCCCC(=O)Nc1ccc([C@H]2O[C@@H](CN3CCC[C@H]3CN3CCCC3)C[C@@H](c3ccc(CO)cc3)O2)cc1. The Morgan fingerprint density at radius 2 is 1.49 bits per heavy atom. The highest BCUT2D eigenvalue weighted by molar-refractivity contribution is 5.94. The van der Waals surface area contributed by atoms with Crippen molar-refractivity contribution >= 4 is 28.9 Å². The maximum atomic E-state index is 12.7. The quantitative estimate of drug-likeness (QED) is 0.122. The van der Waals surface area contributed by atoms with Crippen LogP contribution < -0.4 is 16.4 Å². The largest absolute Gasteiger partial charge is 0.397 e. The molecule has 3 aliphatic heterocycles. The number of rotatable bonds is 14. The van der Waals surface area contributed by atoms with Gasteiger partial charge >= 0.3 is 0 Å². The van der Waals surface area contributed by atoms with Gasteiger partial charge in [-0.15, -0.1) is 0 Å². The molecule has 6 rings (SSSR count). The number of nitrogens with zero attached hydrogens (tertiary/aromatic N) is 2. The Morgan fingerprint density at radius 1 is 0.796 bits per heavy atom. The van der Waals surface area contributed by atoms with Crippen molar-refractivity contribution in [2.45, 2.75) is 88.9 Å². The molecular weight excluding hydrogens is 618 g/mol. The minimum Gasteiger partial charge on any atom is -0.397 e. The molecule has 3 heterocycles. The van der Waals surface area contributed by atoms with Gasteiger partial charge in [0, 0.05) is 49.6 Å². The fourth-order valence-electron chi connectivity index (χ4n) is 7.24. The molecule has 49 heavy (non-hydrogen) atoms. The number of benzene rings is 3. The lowest BCUT2D eigenvalue weighted by Gasteiger charge is -2.39. The summed E-state index contributed by atoms with van der Waals surface area (Å²) in [6, 6.07) is 23.4. The highest BCUT2D eigenvalue weighted by Gasteiger charge is 2.36. The third kappa shape index (κ3) is 9.89. The molecule has 0 aliphatic carbocycles. The average Bonchev–Trinajstić information content (AvgIpc) is 3.80. The van der Waals surface area contributed by atoms with E-state index in [2.05, 4.69) is 20.4 Å². The van der Waals surface area contributed by atoms with Crippen molar-refractivity contribution in [2.24, 2.45) is 0 Å². The monoisotopic (exact) mass is 669 g/mol. The summed E-state index contributed by atoms with van der Waals surface area (Å²) in [4.78, 5) is 30.2. The number of hydrogen-bond donors (Lipinski definition) is 4. The third-order valence-corrected chi connectivity index (χ3v) is 9.98. The average molecular weight is 670 g/mol. The summed E-state index contributed by atoms with van der Waals surface area (Å²) in [6.45, 7) is 5.56. The molecule has 3 aromatic carbocycles. The van der Waals surface area contributed by atoms with Crippen LogP contribution in [-0.2, 0) is 25.7 Å². The minimum atomic E-state index is -0.539. The summed E-state index contributed by atoms with van der Waals surface area (Å²) in [7, 11) is 0. The lowest BCUT2D eigenvalue weighted by molar-refractivity contribution is -0.253. The Bertz CT molecular complexity index is 1510. The molecule has 10 heteroatoms. The van der Waals surface area contributed by atoms with E-state index in [0.29, 0.717) is 48.8 Å². The highest BCUT2D eigenvalue weighted by Crippen LogP contribution is 2.39. The Hall–Kier alpha value is -3.80. The van der Waals surface area contributed by atoms with E-state index in [1.165, 1.54) is 38.8 Å². The van der Waals surface area contributed by atoms with Gasteiger partial charge in [-0.2, -0.15) is 0 Å². The molecule has 3 aromatic rings. The molecule has 4 atom stereocenters. The number of nitrogen functional groups attached to an aromatic ring is 1. The lowest BCUT2D eigenvalue weighted by atomic mass is 9.99. The zero-order valence-corrected chi connectivity index (χ0v) is 28.4. The second kappa shape index (κ2) is 17.2. The molecule has 0 spiro atoms. The van der Waals surface area contributed by atoms with Crippen molar-refractivity contribution < 1.29 is 24.2 Å². The number of carbonyl (C=O) groups excluding carboxylic acids is 2. The normalized spacial score (nSPS) is 23.0. The number of likely N-dealkylation sites (tertiary alicyclic amines) is 2. The molecular formula is C39H51N5O5. The van der Waals surface area contributed by atoms with E-state index < -0.39 is 6.29 Å². The number of unbranched alkanes of at least 4 members (excludes halogenated alkanes) is 1. The van der Waals surface area contributed by atoms with Crippen molar-refractivity contribution in [3.05, 3.63) is 89.5 Å². The van der Waals surface area contributed by atoms with Crippen LogP contribution in [0.4, 0.5) is 17.1 Å². The first-order valence-electron chi connectivity index (χ1n) is 17.9. The number of aliphatic hydroxyl groups is 1. The smallest absolute Gasteiger partial charge is 0.224 e. The molecule has 5 N–H and O–H groups in total. The zero-order valence-electron chi connectivity index (χ0n) is 28.4. The maximum absolute atomic E-state index is 12.7. The fourth-order valence-corrected chi connectivity index (χ4v) is 7.24. The van der Waals surface area contributed by atoms with E-state index in [4.69, 9.17) is 15.2 Å². The number of nitrogens with two attached hydrogens (primary N) is 1. The van der Waals surface area contributed by atoms with E-state index in [1.54, 1.807) is 12.1 Å². The summed E-state index contributed by atoms with van der Waals surface area (Å²) >= 11 is 0. The van der Waals surface area contributed by atoms with E-state index in [9.17, 15) is 14.7 Å². The first-order chi connectivity index (χ1) is 23.9. The van der Waals surface area contributed by atoms with E-state index in [1.807, 2.05) is 60.7 Å². The molecule has 0 saturated carbocycles. The van der Waals surface area contributed by atoms with Crippen LogP contribution in [0.2, 0.25) is 0 Å². The molecule has 3 saturated heterocycles. The van der Waals surface area contributed by atoms with Crippen molar-refractivity contribution in [1.29, 1.82) is 0 Å². The summed E-state index contributed by atoms with van der Waals surface area (Å²) in [5.41, 5.74) is 10.6. The molecule has 3 fully saturated rings. The molecule has 10 nitrogen and oxygen atoms in total. The summed E-state index contributed by atoms with van der Waals surface area (Å²) in [5.74, 6) is -0.207. The van der Waals surface area contributed by atoms with Gasteiger partial charge in [-0.05, 0) is 93.6 Å². The number of para-hydroxylation sites is 2. The lowest BCUT2D eigenvalue weighted by Crippen LogP contribution is -2.45. The molecule has 0 unspecified atom stereocenters. The fraction of sp³-hybridized carbons (Fsp3) is 0.487. The van der Waals surface area contributed by atoms with Crippen LogP contribution in [0.1, 0.15) is 86.9 Å². The number of amides is 2. The summed E-state index contributed by atoms with van der Waals surface area (Å²) in [6.07, 6.45) is 7.02.